The number of aromatic nitrogens is 2. The average molecular weight is 294 g/mol. The molecule has 0 bridgehead atoms. The zero-order valence-electron chi connectivity index (χ0n) is 14.2. The molecule has 3 N–H and O–H groups in total. The number of anilines is 2. The molecule has 5 nitrogen and oxygen atoms in total. The summed E-state index contributed by atoms with van der Waals surface area (Å²) in [7, 11) is 0. The molecular weight excluding hydrogens is 264 g/mol. The Morgan fingerprint density at radius 2 is 1.67 bits per heavy atom. The van der Waals surface area contributed by atoms with Crippen LogP contribution in [-0.2, 0) is 6.42 Å². The molecule has 0 radical (unpaired) electrons. The van der Waals surface area contributed by atoms with Crippen LogP contribution in [0.15, 0.2) is 0 Å². The topological polar surface area (TPSA) is 73.1 Å². The highest BCUT2D eigenvalue weighted by Gasteiger charge is 2.14. The van der Waals surface area contributed by atoms with Crippen molar-refractivity contribution < 1.29 is 4.74 Å². The van der Waals surface area contributed by atoms with Crippen LogP contribution in [0.5, 0.6) is 5.88 Å². The van der Waals surface area contributed by atoms with Gasteiger partial charge in [0.15, 0.2) is 5.82 Å². The summed E-state index contributed by atoms with van der Waals surface area (Å²) in [6.07, 6.45) is 0.814. The first kappa shape index (κ1) is 17.5. The van der Waals surface area contributed by atoms with Crippen LogP contribution in [0.2, 0.25) is 0 Å². The number of ether oxygens (including phenoxy) is 1. The third-order valence-electron chi connectivity index (χ3n) is 2.78. The number of nitrogens with zero attached hydrogens (tertiary/aromatic N) is 2. The fourth-order valence-corrected chi connectivity index (χ4v) is 1.74. The normalized spacial score (nSPS) is 11.5. The van der Waals surface area contributed by atoms with E-state index in [4.69, 9.17) is 10.5 Å². The van der Waals surface area contributed by atoms with Gasteiger partial charge >= 0.3 is 0 Å². The molecule has 5 heteroatoms. The van der Waals surface area contributed by atoms with Gasteiger partial charge in [0.25, 0.3) is 0 Å². The molecule has 120 valence electrons. The van der Waals surface area contributed by atoms with Gasteiger partial charge in [-0.3, -0.25) is 0 Å². The molecule has 1 heterocycles. The number of rotatable bonds is 8. The van der Waals surface area contributed by atoms with Gasteiger partial charge in [-0.15, -0.1) is 0 Å². The molecule has 21 heavy (non-hydrogen) atoms. The van der Waals surface area contributed by atoms with Crippen LogP contribution in [0.1, 0.15) is 47.4 Å². The second-order valence-corrected chi connectivity index (χ2v) is 6.78. The van der Waals surface area contributed by atoms with Crippen LogP contribution in [0, 0.1) is 17.8 Å². The van der Waals surface area contributed by atoms with Crippen molar-refractivity contribution in [3.05, 3.63) is 5.82 Å². The minimum Gasteiger partial charge on any atom is -0.476 e. The summed E-state index contributed by atoms with van der Waals surface area (Å²) >= 11 is 0. The van der Waals surface area contributed by atoms with Crippen molar-refractivity contribution in [3.63, 3.8) is 0 Å². The lowest BCUT2D eigenvalue weighted by atomic mass is 10.1. The van der Waals surface area contributed by atoms with E-state index < -0.39 is 0 Å². The summed E-state index contributed by atoms with van der Waals surface area (Å²) in [5.41, 5.74) is 6.65. The predicted molar refractivity (Wildman–Crippen MR) is 88.6 cm³/mol. The zero-order chi connectivity index (χ0) is 16.0. The van der Waals surface area contributed by atoms with Gasteiger partial charge in [-0.2, -0.15) is 4.98 Å². The molecule has 0 aliphatic heterocycles. The number of nitrogen functional groups attached to an aromatic ring is 1. The molecule has 0 aliphatic rings. The molecule has 0 unspecified atom stereocenters. The van der Waals surface area contributed by atoms with Crippen molar-refractivity contribution in [2.45, 2.75) is 48.0 Å². The molecule has 0 saturated heterocycles. The Labute approximate surface area is 128 Å². The number of nitrogens with one attached hydrogen (secondary N) is 1. The van der Waals surface area contributed by atoms with Gasteiger partial charge in [-0.1, -0.05) is 41.5 Å². The highest BCUT2D eigenvalue weighted by molar-refractivity contribution is 5.66. The fraction of sp³-hybridized carbons (Fsp3) is 0.750. The van der Waals surface area contributed by atoms with E-state index in [1.807, 2.05) is 0 Å². The second kappa shape index (κ2) is 8.05. The smallest absolute Gasteiger partial charge is 0.242 e. The minimum absolute atomic E-state index is 0.431. The van der Waals surface area contributed by atoms with Crippen LogP contribution in [0.4, 0.5) is 11.5 Å². The number of hydrogen-bond acceptors (Lipinski definition) is 5. The van der Waals surface area contributed by atoms with E-state index in [9.17, 15) is 0 Å². The van der Waals surface area contributed by atoms with E-state index in [-0.39, 0.29) is 0 Å². The lowest BCUT2D eigenvalue weighted by molar-refractivity contribution is 0.261. The van der Waals surface area contributed by atoms with Crippen molar-refractivity contribution in [3.8, 4) is 5.88 Å². The molecule has 0 spiro atoms. The Bertz CT molecular complexity index is 411. The fourth-order valence-electron chi connectivity index (χ4n) is 1.74. The first-order valence-electron chi connectivity index (χ1n) is 7.82. The van der Waals surface area contributed by atoms with E-state index in [1.54, 1.807) is 0 Å². The summed E-state index contributed by atoms with van der Waals surface area (Å²) in [4.78, 5) is 9.02. The van der Waals surface area contributed by atoms with Crippen molar-refractivity contribution in [2.75, 3.05) is 24.2 Å². The SMILES string of the molecule is CC(C)CNc1nc(CC(C)C)nc(OCC(C)C)c1N. The Balaban J connectivity index is 3.00. The monoisotopic (exact) mass is 294 g/mol. The van der Waals surface area contributed by atoms with Crippen LogP contribution >= 0.6 is 0 Å². The minimum atomic E-state index is 0.431. The van der Waals surface area contributed by atoms with Gasteiger partial charge < -0.3 is 15.8 Å². The molecule has 0 aliphatic carbocycles. The molecule has 0 atom stereocenters. The van der Waals surface area contributed by atoms with Gasteiger partial charge in [0.2, 0.25) is 5.88 Å². The maximum atomic E-state index is 6.14. The Morgan fingerprint density at radius 3 is 2.19 bits per heavy atom. The van der Waals surface area contributed by atoms with Gasteiger partial charge in [-0.25, -0.2) is 4.98 Å². The Morgan fingerprint density at radius 1 is 1.00 bits per heavy atom. The first-order chi connectivity index (χ1) is 9.79. The van der Waals surface area contributed by atoms with Crippen molar-refractivity contribution >= 4 is 11.5 Å². The first-order valence-corrected chi connectivity index (χ1v) is 7.82. The van der Waals surface area contributed by atoms with Gasteiger partial charge in [0, 0.05) is 13.0 Å². The van der Waals surface area contributed by atoms with Gasteiger partial charge in [-0.05, 0) is 17.8 Å². The third kappa shape index (κ3) is 6.19. The molecule has 0 saturated carbocycles. The van der Waals surface area contributed by atoms with Crippen LogP contribution in [0.25, 0.3) is 0 Å². The molecule has 0 amide bonds. The maximum absolute atomic E-state index is 6.14. The van der Waals surface area contributed by atoms with E-state index in [0.717, 1.165) is 18.8 Å². The second-order valence-electron chi connectivity index (χ2n) is 6.78. The highest BCUT2D eigenvalue weighted by Crippen LogP contribution is 2.27. The Hall–Kier alpha value is -1.52. The van der Waals surface area contributed by atoms with Gasteiger partial charge in [0.05, 0.1) is 6.61 Å². The van der Waals surface area contributed by atoms with Crippen molar-refractivity contribution in [1.82, 2.24) is 9.97 Å². The largest absolute Gasteiger partial charge is 0.476 e. The van der Waals surface area contributed by atoms with Gasteiger partial charge in [0.1, 0.15) is 11.5 Å². The van der Waals surface area contributed by atoms with E-state index >= 15 is 0 Å². The molecule has 1 rings (SSSR count). The lowest BCUT2D eigenvalue weighted by Crippen LogP contribution is -2.16. The van der Waals surface area contributed by atoms with Crippen LogP contribution in [-0.4, -0.2) is 23.1 Å². The summed E-state index contributed by atoms with van der Waals surface area (Å²) in [6, 6.07) is 0. The molecule has 1 aromatic heterocycles. The predicted octanol–water partition coefficient (Wildman–Crippen LogP) is 3.36. The quantitative estimate of drug-likeness (QED) is 0.769. The third-order valence-corrected chi connectivity index (χ3v) is 2.78. The van der Waals surface area contributed by atoms with Crippen LogP contribution in [0.3, 0.4) is 0 Å². The molecular formula is C16H30N4O. The molecule has 0 aromatic carbocycles. The van der Waals surface area contributed by atoms with Crippen LogP contribution < -0.4 is 15.8 Å². The summed E-state index contributed by atoms with van der Waals surface area (Å²) in [5, 5.41) is 3.30. The van der Waals surface area contributed by atoms with Crippen molar-refractivity contribution in [1.29, 1.82) is 0 Å². The molecule has 1 aromatic rings. The average Bonchev–Trinajstić information content (AvgIpc) is 2.36. The van der Waals surface area contributed by atoms with E-state index in [1.165, 1.54) is 0 Å². The highest BCUT2D eigenvalue weighted by atomic mass is 16.5. The summed E-state index contributed by atoms with van der Waals surface area (Å²) in [5.74, 6) is 3.41. The maximum Gasteiger partial charge on any atom is 0.242 e. The summed E-state index contributed by atoms with van der Waals surface area (Å²) < 4.78 is 5.75. The van der Waals surface area contributed by atoms with E-state index in [0.29, 0.717) is 41.7 Å². The standard InChI is InChI=1S/C16H30N4O/c1-10(2)7-13-19-15(18-8-11(3)4)14(17)16(20-13)21-9-12(5)6/h10-12H,7-9,17H2,1-6H3,(H,18,19,20). The van der Waals surface area contributed by atoms with Crippen molar-refractivity contribution in [2.24, 2.45) is 17.8 Å². The molecule has 0 fully saturated rings. The number of nitrogens with two attached hydrogens (primary N) is 1. The number of hydrogen-bond donors (Lipinski definition) is 2. The Kier molecular flexibility index (Phi) is 6.72. The summed E-state index contributed by atoms with van der Waals surface area (Å²) in [6.45, 7) is 14.2. The van der Waals surface area contributed by atoms with E-state index in [2.05, 4.69) is 56.8 Å². The zero-order valence-corrected chi connectivity index (χ0v) is 14.2. The lowest BCUT2D eigenvalue weighted by Gasteiger charge is -2.16.